The first kappa shape index (κ1) is 120. The van der Waals surface area contributed by atoms with Gasteiger partial charge in [0.05, 0.1) is 97.9 Å². The van der Waals surface area contributed by atoms with E-state index in [-0.39, 0.29) is 143 Å². The van der Waals surface area contributed by atoms with Crippen molar-refractivity contribution in [2.45, 2.75) is 55.3 Å². The van der Waals surface area contributed by atoms with E-state index in [1.54, 1.807) is 133 Å². The van der Waals surface area contributed by atoms with Crippen molar-refractivity contribution in [2.24, 2.45) is 10.2 Å². The van der Waals surface area contributed by atoms with Gasteiger partial charge in [0.25, 0.3) is 11.1 Å². The monoisotopic (exact) mass is 2290 g/mol. The van der Waals surface area contributed by atoms with E-state index < -0.39 is 67.3 Å². The van der Waals surface area contributed by atoms with Crippen LogP contribution in [0.1, 0.15) is 105 Å². The number of aryl methyl sites for hydroxylation is 6. The second-order valence-electron chi connectivity index (χ2n) is 30.8. The summed E-state index contributed by atoms with van der Waals surface area (Å²) < 4.78 is 14.6. The summed E-state index contributed by atoms with van der Waals surface area (Å²) in [5, 5.41) is 167. The zero-order valence-corrected chi connectivity index (χ0v) is 85.3. The Labute approximate surface area is 882 Å². The number of anilines is 1. The van der Waals surface area contributed by atoms with Gasteiger partial charge in [-0.2, -0.15) is 0 Å². The fraction of sp³-hybridized carbons (Fsp3) is 0.0952. The van der Waals surface area contributed by atoms with Crippen molar-refractivity contribution in [3.8, 4) is 96.1 Å². The molecule has 0 unspecified atom stereocenters. The van der Waals surface area contributed by atoms with Gasteiger partial charge in [0, 0.05) is 63.8 Å². The topological polar surface area (TPSA) is 645 Å². The van der Waals surface area contributed by atoms with Gasteiger partial charge < -0.3 is 76.5 Å². The second kappa shape index (κ2) is 56.2. The molecule has 0 atom stereocenters. The number of nitrogen functional groups attached to an aromatic ring is 1. The molecule has 0 saturated carbocycles. The van der Waals surface area contributed by atoms with Crippen LogP contribution in [-0.4, -0.2) is 145 Å². The van der Waals surface area contributed by atoms with Gasteiger partial charge in [-0.05, 0) is 255 Å². The maximum atomic E-state index is 12.9. The predicted molar refractivity (Wildman–Crippen MR) is 573 cm³/mol. The van der Waals surface area contributed by atoms with Gasteiger partial charge in [0.1, 0.15) is 17.2 Å². The molecule has 0 radical (unpaired) electrons. The number of nitro groups is 4. The quantitative estimate of drug-likeness (QED) is 0.00841. The number of carboxylic acid groups (broad SMARTS) is 5. The highest BCUT2D eigenvalue weighted by atomic mass is 79.9. The van der Waals surface area contributed by atoms with E-state index in [1.165, 1.54) is 163 Å². The molecule has 14 aromatic carbocycles. The normalized spacial score (nSPS) is 10.1. The molecule has 149 heavy (non-hydrogen) atoms. The zero-order chi connectivity index (χ0) is 108. The maximum Gasteiger partial charge on any atom is 0.335 e. The van der Waals surface area contributed by atoms with Crippen molar-refractivity contribution in [3.63, 3.8) is 0 Å². The van der Waals surface area contributed by atoms with Gasteiger partial charge in [-0.3, -0.25) is 60.2 Å². The van der Waals surface area contributed by atoms with Gasteiger partial charge >= 0.3 is 52.6 Å². The maximum absolute atomic E-state index is 12.9. The average molecular weight is 2290 g/mol. The van der Waals surface area contributed by atoms with Crippen LogP contribution in [0, 0.1) is 82.0 Å². The number of nitro benzene ring substituents is 4. The number of aromatic carboxylic acids is 5. The molecule has 0 spiro atoms. The number of methoxy groups -OCH3 is 2. The summed E-state index contributed by atoms with van der Waals surface area (Å²) in [6, 6.07) is 77.8. The van der Waals surface area contributed by atoms with Crippen LogP contribution in [-0.2, 0) is 0 Å². The average Bonchev–Trinajstić information content (AvgIpc) is 1.65. The van der Waals surface area contributed by atoms with Crippen molar-refractivity contribution in [3.05, 3.63) is 439 Å². The van der Waals surface area contributed by atoms with Gasteiger partial charge in [-0.15, -0.1) is 27.2 Å². The summed E-state index contributed by atoms with van der Waals surface area (Å²) >= 11 is 9.25. The number of aromatic nitrogens is 4. The number of benzene rings is 14. The number of carboxylic acids is 5. The standard InChI is InChI=1S/C25H22N4O4.C14H11NO5.C13H9NO5.C13H11NO3.C12H14N2O.C8H8O4.C7H6BrNO3.C6H4BrNO3.C6H5BrO.CH4.BrH/c1-14-10-11-19(12-15(14)2)29-24(31)22(16(3)28-29)27-26-21-9-5-8-20(23(21)30)17-6-4-7-18(13-17)25(32)33;1-20-13-11(6-3-7-12(13)15(18)19)9-4-2-5-10(8-9)14(16)17;15-12-10(5-2-6-11(12)14(18)19)8-3-1-4-9(7-8)13(16)17;14-11-6-2-5-10(12(11)15)8-3-1-4-9(7-8)13(16)17;1-8-4-5-11(6-9(8)2)14-12(15)7-10(3)13-14;9-7(10)5-2-1-3-6(4-5)8(11)12;1-12-7-5(8)3-2-4-6(7)9(10)11;7-4-2-1-3-5(6(4)9)8(10)11;7-5-3-1-2-4-6(5)8;;/h4-13,28,30H,1-3H3,(H,32,33);2-8H,1H3,(H,16,17);1-7,15H,(H,16,17);1-7,15H,14H2,(H,16,17);4-7,13H,1-3H3;1-4,7,9-10H,(H,11,12);2-4H,1H3;1-3,9H;1-4,8H;1H4;1H. The second-order valence-corrected chi connectivity index (χ2v) is 33.3. The fourth-order valence-corrected chi connectivity index (χ4v) is 14.3. The zero-order valence-electron chi connectivity index (χ0n) is 78.9. The summed E-state index contributed by atoms with van der Waals surface area (Å²) in [6.07, 6.45) is -1.62. The van der Waals surface area contributed by atoms with Crippen LogP contribution in [0.5, 0.6) is 40.2 Å². The molecule has 44 heteroatoms. The lowest BCUT2D eigenvalue weighted by Crippen LogP contribution is -2.14. The van der Waals surface area contributed by atoms with E-state index in [9.17, 15) is 94.4 Å². The minimum atomic E-state index is -1.62. The van der Waals surface area contributed by atoms with Crippen LogP contribution in [0.15, 0.2) is 330 Å². The molecule has 16 N–H and O–H groups in total. The third-order valence-corrected chi connectivity index (χ3v) is 22.7. The van der Waals surface area contributed by atoms with Gasteiger partial charge in [0.2, 0.25) is 23.0 Å². The highest BCUT2D eigenvalue weighted by Crippen LogP contribution is 2.43. The number of nitrogens with zero attached hydrogens (tertiary/aromatic N) is 8. The Bertz CT molecular complexity index is 7720. The summed E-state index contributed by atoms with van der Waals surface area (Å²) in [7, 11) is 2.74. The van der Waals surface area contributed by atoms with Crippen molar-refractivity contribution in [1.29, 1.82) is 0 Å². The van der Waals surface area contributed by atoms with Gasteiger partial charge in [-0.1, -0.05) is 153 Å². The van der Waals surface area contributed by atoms with Crippen LogP contribution in [0.4, 0.5) is 39.8 Å². The number of aliphatic hydroxyl groups excluding tert-OH is 1. The summed E-state index contributed by atoms with van der Waals surface area (Å²) in [6.45, 7) is 11.7. The van der Waals surface area contributed by atoms with Gasteiger partial charge in [-0.25, -0.2) is 33.3 Å². The molecule has 772 valence electrons. The Morgan fingerprint density at radius 3 is 1.13 bits per heavy atom. The van der Waals surface area contributed by atoms with Crippen LogP contribution in [0.3, 0.4) is 0 Å². The predicted octanol–water partition coefficient (Wildman–Crippen LogP) is 23.8. The summed E-state index contributed by atoms with van der Waals surface area (Å²) in [5.41, 5.74) is 16.8. The first-order chi connectivity index (χ1) is 69.7. The van der Waals surface area contributed by atoms with Crippen LogP contribution in [0.25, 0.3) is 55.9 Å². The molecule has 0 fully saturated rings. The number of phenols is 5. The molecule has 40 nitrogen and oxygen atoms in total. The Balaban J connectivity index is 0.000000263. The lowest BCUT2D eigenvalue weighted by molar-refractivity contribution is -0.386. The Morgan fingerprint density at radius 2 is 0.738 bits per heavy atom. The number of H-pyrrole nitrogens is 2. The molecule has 2 aromatic heterocycles. The fourth-order valence-electron chi connectivity index (χ4n) is 13.1. The number of azo groups is 1. The molecule has 0 saturated heterocycles. The summed E-state index contributed by atoms with van der Waals surface area (Å²) in [5.74, 6) is -5.67. The molecule has 0 aliphatic carbocycles. The lowest BCUT2D eigenvalue weighted by Gasteiger charge is -2.09. The first-order valence-corrected chi connectivity index (χ1v) is 45.0. The number of nitrogens with one attached hydrogen (secondary N) is 2. The van der Waals surface area contributed by atoms with Crippen molar-refractivity contribution < 1.29 is 114 Å². The third-order valence-electron chi connectivity index (χ3n) is 20.8. The van der Waals surface area contributed by atoms with E-state index >= 15 is 0 Å². The number of aromatic hydroxyl groups is 5. The molecule has 16 aromatic rings. The molecule has 0 amide bonds. The van der Waals surface area contributed by atoms with Crippen molar-refractivity contribution in [2.75, 3.05) is 20.0 Å². The largest absolute Gasteiger partial charge is 0.507 e. The number of nitrogens with two attached hydrogens (primary N) is 1. The van der Waals surface area contributed by atoms with E-state index in [2.05, 4.69) is 75.1 Å². The number of aliphatic hydroxyl groups is 2. The highest BCUT2D eigenvalue weighted by Gasteiger charge is 2.24. The minimum absolute atomic E-state index is 0. The molecular formula is C105H95Br4N11O29. The van der Waals surface area contributed by atoms with Gasteiger partial charge in [0.15, 0.2) is 17.7 Å². The number of hydrogen-bond acceptors (Lipinski definition) is 27. The number of phenolic OH excluding ortho intramolecular Hbond substituents is 5. The number of carbonyl (C=O) groups is 5. The number of para-hydroxylation sites is 7. The first-order valence-electron chi connectivity index (χ1n) is 42.6. The SMILES string of the molecule is Br.C.COc1c(-c2cccc(C(=O)O)c2)cccc1[N+](=O)[O-].COc1c(Br)cccc1[N+](=O)[O-].Cc1cc(=O)n(-c2ccc(C)c(C)c2)[nH]1.Cc1ccc(-n2[nH]c(C)c(N=Nc3cccc(-c4cccc(C(=O)O)c4)c3O)c2=O)cc1C.Nc1cccc(-c2cccc(C(=O)O)c2)c1O.O=C(O)c1cccc(-c2cccc([N+](=O)[O-])c2O)c1.O=C(O)c1cccc(C(O)O)c1.O=[N+]([O-])c1cccc(Br)c1O.Oc1ccccc1Br. The third kappa shape index (κ3) is 33.0. The van der Waals surface area contributed by atoms with Crippen molar-refractivity contribution in [1.82, 2.24) is 19.6 Å². The molecule has 0 bridgehead atoms. The van der Waals surface area contributed by atoms with Crippen LogP contribution < -0.4 is 26.3 Å². The molecular weight excluding hydrogens is 2200 g/mol. The minimum Gasteiger partial charge on any atom is -0.507 e. The highest BCUT2D eigenvalue weighted by molar-refractivity contribution is 9.11. The van der Waals surface area contributed by atoms with Crippen molar-refractivity contribution >= 4 is 134 Å². The Morgan fingerprint density at radius 1 is 0.376 bits per heavy atom. The molecule has 0 aliphatic rings. The van der Waals surface area contributed by atoms with E-state index in [0.717, 1.165) is 27.0 Å². The van der Waals surface area contributed by atoms with Crippen LogP contribution >= 0.6 is 64.8 Å². The number of ether oxygens (including phenoxy) is 2. The van der Waals surface area contributed by atoms with Crippen LogP contribution in [0.2, 0.25) is 0 Å². The molecule has 16 rings (SSSR count). The lowest BCUT2D eigenvalue weighted by atomic mass is 10.0. The molecule has 0 aliphatic heterocycles. The van der Waals surface area contributed by atoms with E-state index in [1.807, 2.05) is 70.2 Å². The number of aromatic amines is 2. The van der Waals surface area contributed by atoms with E-state index in [4.69, 9.17) is 56.1 Å². The Hall–Kier alpha value is -18.1. The molecule has 2 heterocycles. The number of hydrogen-bond donors (Lipinski definition) is 15. The number of rotatable bonds is 20. The van der Waals surface area contributed by atoms with E-state index in [0.29, 0.717) is 59.3 Å². The number of halogens is 4. The smallest absolute Gasteiger partial charge is 0.335 e. The summed E-state index contributed by atoms with van der Waals surface area (Å²) in [4.78, 5) is 119. The Kier molecular flexibility index (Phi) is 45.1.